The van der Waals surface area contributed by atoms with Gasteiger partial charge in [0.2, 0.25) is 0 Å². The van der Waals surface area contributed by atoms with E-state index in [-0.39, 0.29) is 0 Å². The quantitative estimate of drug-likeness (QED) is 0.889. The fourth-order valence-corrected chi connectivity index (χ4v) is 2.07. The molecule has 0 aliphatic heterocycles. The van der Waals surface area contributed by atoms with E-state index in [1.165, 1.54) is 5.56 Å². The van der Waals surface area contributed by atoms with Crippen molar-refractivity contribution in [3.8, 4) is 0 Å². The highest BCUT2D eigenvalue weighted by Gasteiger charge is 2.07. The number of hydrogen-bond donors (Lipinski definition) is 2. The molecule has 0 atom stereocenters. The predicted octanol–water partition coefficient (Wildman–Crippen LogP) is 2.17. The number of aryl methyl sites for hydroxylation is 1. The standard InChI is InChI=1S/C13H17BrN4/c14-12-5-3-10(4-6-12)9-18-13(16)11(8-17-18)2-1-7-15/h3-6,8H,1-2,7,9,15-16H2. The van der Waals surface area contributed by atoms with E-state index in [0.717, 1.165) is 28.7 Å². The summed E-state index contributed by atoms with van der Waals surface area (Å²) in [6.45, 7) is 1.37. The van der Waals surface area contributed by atoms with Crippen molar-refractivity contribution >= 4 is 21.7 Å². The maximum atomic E-state index is 6.07. The summed E-state index contributed by atoms with van der Waals surface area (Å²) in [7, 11) is 0. The summed E-state index contributed by atoms with van der Waals surface area (Å²) < 4.78 is 2.90. The van der Waals surface area contributed by atoms with Gasteiger partial charge in [-0.25, -0.2) is 4.68 Å². The van der Waals surface area contributed by atoms with Crippen LogP contribution >= 0.6 is 15.9 Å². The van der Waals surface area contributed by atoms with E-state index < -0.39 is 0 Å². The Bertz CT molecular complexity index is 504. The summed E-state index contributed by atoms with van der Waals surface area (Å²) in [5, 5.41) is 4.33. The third-order valence-electron chi connectivity index (χ3n) is 2.86. The first-order valence-electron chi connectivity index (χ1n) is 5.95. The molecule has 0 amide bonds. The van der Waals surface area contributed by atoms with Crippen molar-refractivity contribution in [3.05, 3.63) is 46.1 Å². The molecule has 4 N–H and O–H groups in total. The van der Waals surface area contributed by atoms with Crippen molar-refractivity contribution in [1.82, 2.24) is 9.78 Å². The van der Waals surface area contributed by atoms with Gasteiger partial charge in [0.1, 0.15) is 5.82 Å². The maximum Gasteiger partial charge on any atom is 0.125 e. The first-order chi connectivity index (χ1) is 8.70. The second-order valence-corrected chi connectivity index (χ2v) is 5.15. The number of aromatic nitrogens is 2. The molecule has 0 saturated heterocycles. The number of nitrogen functional groups attached to an aromatic ring is 1. The number of rotatable bonds is 5. The van der Waals surface area contributed by atoms with Crippen LogP contribution in [-0.4, -0.2) is 16.3 Å². The SMILES string of the molecule is NCCCc1cnn(Cc2ccc(Br)cc2)c1N. The minimum Gasteiger partial charge on any atom is -0.384 e. The van der Waals surface area contributed by atoms with E-state index in [9.17, 15) is 0 Å². The molecule has 5 heteroatoms. The lowest BCUT2D eigenvalue weighted by Crippen LogP contribution is -2.07. The summed E-state index contributed by atoms with van der Waals surface area (Å²) in [6, 6.07) is 8.16. The zero-order valence-electron chi connectivity index (χ0n) is 10.1. The lowest BCUT2D eigenvalue weighted by Gasteiger charge is -2.05. The highest BCUT2D eigenvalue weighted by atomic mass is 79.9. The summed E-state index contributed by atoms with van der Waals surface area (Å²) >= 11 is 3.42. The first kappa shape index (κ1) is 13.1. The molecule has 1 heterocycles. The van der Waals surface area contributed by atoms with E-state index in [0.29, 0.717) is 13.1 Å². The molecule has 1 aromatic carbocycles. The molecule has 0 fully saturated rings. The minimum absolute atomic E-state index is 0.678. The number of anilines is 1. The zero-order chi connectivity index (χ0) is 13.0. The van der Waals surface area contributed by atoms with Gasteiger partial charge in [0.25, 0.3) is 0 Å². The van der Waals surface area contributed by atoms with Gasteiger partial charge in [-0.05, 0) is 37.1 Å². The van der Waals surface area contributed by atoms with Crippen molar-refractivity contribution in [1.29, 1.82) is 0 Å². The van der Waals surface area contributed by atoms with Gasteiger partial charge in [-0.2, -0.15) is 5.10 Å². The lowest BCUT2D eigenvalue weighted by atomic mass is 10.2. The number of halogens is 1. The topological polar surface area (TPSA) is 69.9 Å². The Morgan fingerprint density at radius 3 is 2.61 bits per heavy atom. The van der Waals surface area contributed by atoms with Crippen molar-refractivity contribution < 1.29 is 0 Å². The van der Waals surface area contributed by atoms with Gasteiger partial charge < -0.3 is 11.5 Å². The van der Waals surface area contributed by atoms with Crippen LogP contribution in [0.15, 0.2) is 34.9 Å². The van der Waals surface area contributed by atoms with E-state index in [2.05, 4.69) is 33.2 Å². The van der Waals surface area contributed by atoms with E-state index in [4.69, 9.17) is 11.5 Å². The van der Waals surface area contributed by atoms with Gasteiger partial charge in [-0.1, -0.05) is 28.1 Å². The molecule has 4 nitrogen and oxygen atoms in total. The number of nitrogens with zero attached hydrogens (tertiary/aromatic N) is 2. The Balaban J connectivity index is 2.09. The number of hydrogen-bond acceptors (Lipinski definition) is 3. The zero-order valence-corrected chi connectivity index (χ0v) is 11.7. The van der Waals surface area contributed by atoms with Gasteiger partial charge in [0.15, 0.2) is 0 Å². The van der Waals surface area contributed by atoms with Crippen LogP contribution in [0.5, 0.6) is 0 Å². The normalized spacial score (nSPS) is 10.8. The summed E-state index contributed by atoms with van der Waals surface area (Å²) in [5.74, 6) is 0.742. The first-order valence-corrected chi connectivity index (χ1v) is 6.74. The molecule has 96 valence electrons. The molecule has 1 aromatic heterocycles. The van der Waals surface area contributed by atoms with Crippen LogP contribution in [-0.2, 0) is 13.0 Å². The number of benzene rings is 1. The highest BCUT2D eigenvalue weighted by Crippen LogP contribution is 2.16. The van der Waals surface area contributed by atoms with Crippen LogP contribution in [0.2, 0.25) is 0 Å². The van der Waals surface area contributed by atoms with E-state index in [1.54, 1.807) is 0 Å². The fourth-order valence-electron chi connectivity index (χ4n) is 1.81. The molecular weight excluding hydrogens is 292 g/mol. The van der Waals surface area contributed by atoms with Gasteiger partial charge in [0.05, 0.1) is 12.7 Å². The van der Waals surface area contributed by atoms with Crippen LogP contribution in [0.3, 0.4) is 0 Å². The summed E-state index contributed by atoms with van der Waals surface area (Å²) in [5.41, 5.74) is 13.8. The summed E-state index contributed by atoms with van der Waals surface area (Å²) in [4.78, 5) is 0. The molecule has 2 aromatic rings. The van der Waals surface area contributed by atoms with Crippen molar-refractivity contribution in [2.75, 3.05) is 12.3 Å². The smallest absolute Gasteiger partial charge is 0.125 e. The second kappa shape index (κ2) is 6.02. The molecule has 0 bridgehead atoms. The second-order valence-electron chi connectivity index (χ2n) is 4.23. The van der Waals surface area contributed by atoms with Crippen LogP contribution in [0.1, 0.15) is 17.5 Å². The number of nitrogens with two attached hydrogens (primary N) is 2. The van der Waals surface area contributed by atoms with E-state index >= 15 is 0 Å². The Morgan fingerprint density at radius 1 is 1.22 bits per heavy atom. The predicted molar refractivity (Wildman–Crippen MR) is 77.3 cm³/mol. The Morgan fingerprint density at radius 2 is 1.94 bits per heavy atom. The largest absolute Gasteiger partial charge is 0.384 e. The van der Waals surface area contributed by atoms with E-state index in [1.807, 2.05) is 23.0 Å². The van der Waals surface area contributed by atoms with Crippen molar-refractivity contribution in [2.24, 2.45) is 5.73 Å². The fraction of sp³-hybridized carbons (Fsp3) is 0.308. The molecule has 2 rings (SSSR count). The Hall–Kier alpha value is -1.33. The molecule has 18 heavy (non-hydrogen) atoms. The Kier molecular flexibility index (Phi) is 4.38. The lowest BCUT2D eigenvalue weighted by molar-refractivity contribution is 0.696. The maximum absolute atomic E-state index is 6.07. The highest BCUT2D eigenvalue weighted by molar-refractivity contribution is 9.10. The molecular formula is C13H17BrN4. The molecule has 0 aliphatic carbocycles. The monoisotopic (exact) mass is 308 g/mol. The minimum atomic E-state index is 0.678. The van der Waals surface area contributed by atoms with Gasteiger partial charge in [-0.15, -0.1) is 0 Å². The van der Waals surface area contributed by atoms with Crippen molar-refractivity contribution in [2.45, 2.75) is 19.4 Å². The summed E-state index contributed by atoms with van der Waals surface area (Å²) in [6.07, 6.45) is 3.67. The van der Waals surface area contributed by atoms with Crippen molar-refractivity contribution in [3.63, 3.8) is 0 Å². The van der Waals surface area contributed by atoms with Crippen LogP contribution < -0.4 is 11.5 Å². The molecule has 0 unspecified atom stereocenters. The molecule has 0 saturated carbocycles. The van der Waals surface area contributed by atoms with Crippen LogP contribution in [0.4, 0.5) is 5.82 Å². The average molecular weight is 309 g/mol. The third kappa shape index (κ3) is 3.11. The van der Waals surface area contributed by atoms with Gasteiger partial charge in [0, 0.05) is 10.0 Å². The molecule has 0 spiro atoms. The molecule has 0 radical (unpaired) electrons. The average Bonchev–Trinajstić information content (AvgIpc) is 2.71. The molecule has 0 aliphatic rings. The van der Waals surface area contributed by atoms with Gasteiger partial charge in [-0.3, -0.25) is 0 Å². The van der Waals surface area contributed by atoms with Crippen LogP contribution in [0, 0.1) is 0 Å². The Labute approximate surface area is 115 Å². The van der Waals surface area contributed by atoms with Crippen LogP contribution in [0.25, 0.3) is 0 Å². The van der Waals surface area contributed by atoms with Gasteiger partial charge >= 0.3 is 0 Å². The third-order valence-corrected chi connectivity index (χ3v) is 3.38.